The Hall–Kier alpha value is -2.02. The molecule has 1 saturated heterocycles. The quantitative estimate of drug-likeness (QED) is 0.682. The van der Waals surface area contributed by atoms with Crippen LogP contribution in [0.1, 0.15) is 67.8 Å². The molecule has 3 aromatic heterocycles. The SMILES string of the molecule is CC(C)n1cnnc1C1CCN(c2ncnc3sc4c(c23)CCCC4)CC1. The van der Waals surface area contributed by atoms with Crippen molar-refractivity contribution in [3.63, 3.8) is 0 Å². The molecule has 7 heteroatoms. The molecule has 5 rings (SSSR count). The summed E-state index contributed by atoms with van der Waals surface area (Å²) in [6, 6.07) is 0.409. The van der Waals surface area contributed by atoms with E-state index in [1.807, 2.05) is 17.7 Å². The highest BCUT2D eigenvalue weighted by molar-refractivity contribution is 7.19. The number of hydrogen-bond acceptors (Lipinski definition) is 6. The largest absolute Gasteiger partial charge is 0.356 e. The number of hydrogen-bond donors (Lipinski definition) is 0. The Bertz CT molecular complexity index is 951. The summed E-state index contributed by atoms with van der Waals surface area (Å²) in [5.74, 6) is 2.79. The first-order valence-electron chi connectivity index (χ1n) is 10.1. The zero-order valence-corrected chi connectivity index (χ0v) is 16.9. The van der Waals surface area contributed by atoms with E-state index in [9.17, 15) is 0 Å². The van der Waals surface area contributed by atoms with Crippen LogP contribution >= 0.6 is 11.3 Å². The Morgan fingerprint density at radius 3 is 2.74 bits per heavy atom. The highest BCUT2D eigenvalue weighted by Crippen LogP contribution is 2.40. The second-order valence-corrected chi connectivity index (χ2v) is 9.12. The maximum atomic E-state index is 4.73. The van der Waals surface area contributed by atoms with Crippen LogP contribution in [0.3, 0.4) is 0 Å². The number of anilines is 1. The fourth-order valence-corrected chi connectivity index (χ4v) is 5.83. The summed E-state index contributed by atoms with van der Waals surface area (Å²) in [7, 11) is 0. The summed E-state index contributed by atoms with van der Waals surface area (Å²) in [6.45, 7) is 6.43. The van der Waals surface area contributed by atoms with Crippen molar-refractivity contribution in [3.8, 4) is 0 Å². The van der Waals surface area contributed by atoms with Crippen LogP contribution in [-0.4, -0.2) is 37.8 Å². The van der Waals surface area contributed by atoms with Crippen LogP contribution in [-0.2, 0) is 12.8 Å². The molecule has 0 radical (unpaired) electrons. The lowest BCUT2D eigenvalue weighted by molar-refractivity contribution is 0.448. The van der Waals surface area contributed by atoms with E-state index in [0.29, 0.717) is 12.0 Å². The third-order valence-electron chi connectivity index (χ3n) is 6.05. The van der Waals surface area contributed by atoms with E-state index in [0.717, 1.165) is 37.6 Å². The first-order valence-corrected chi connectivity index (χ1v) is 10.9. The molecule has 1 aliphatic heterocycles. The standard InChI is InChI=1S/C20H26N6S/c1-13(2)26-12-23-24-18(26)14-7-9-25(10-8-14)19-17-15-5-3-4-6-16(15)27-20(17)22-11-21-19/h11-14H,3-10H2,1-2H3. The van der Waals surface area contributed by atoms with Crippen LogP contribution in [0, 0.1) is 0 Å². The predicted octanol–water partition coefficient (Wildman–Crippen LogP) is 4.13. The number of aromatic nitrogens is 5. The van der Waals surface area contributed by atoms with Crippen molar-refractivity contribution >= 4 is 27.4 Å². The maximum absolute atomic E-state index is 4.73. The van der Waals surface area contributed by atoms with Gasteiger partial charge < -0.3 is 9.47 Å². The Morgan fingerprint density at radius 2 is 1.93 bits per heavy atom. The van der Waals surface area contributed by atoms with Crippen LogP contribution in [0.15, 0.2) is 12.7 Å². The average molecular weight is 383 g/mol. The van der Waals surface area contributed by atoms with Gasteiger partial charge in [-0.3, -0.25) is 0 Å². The van der Waals surface area contributed by atoms with Gasteiger partial charge in [-0.1, -0.05) is 0 Å². The number of aryl methyl sites for hydroxylation is 2. The molecule has 2 aliphatic rings. The third kappa shape index (κ3) is 2.92. The summed E-state index contributed by atoms with van der Waals surface area (Å²) < 4.78 is 2.22. The summed E-state index contributed by atoms with van der Waals surface area (Å²) in [5, 5.41) is 9.92. The van der Waals surface area contributed by atoms with Crippen molar-refractivity contribution in [2.24, 2.45) is 0 Å². The normalized spacial score (nSPS) is 18.4. The van der Waals surface area contributed by atoms with E-state index in [2.05, 4.69) is 38.5 Å². The van der Waals surface area contributed by atoms with Crippen LogP contribution in [0.2, 0.25) is 0 Å². The van der Waals surface area contributed by atoms with Crippen LogP contribution in [0.25, 0.3) is 10.2 Å². The molecule has 0 saturated carbocycles. The van der Waals surface area contributed by atoms with Crippen molar-refractivity contribution in [3.05, 3.63) is 28.9 Å². The Labute approximate surface area is 163 Å². The van der Waals surface area contributed by atoms with Gasteiger partial charge in [0.2, 0.25) is 0 Å². The zero-order valence-electron chi connectivity index (χ0n) is 16.1. The van der Waals surface area contributed by atoms with E-state index in [1.54, 1.807) is 6.33 Å². The van der Waals surface area contributed by atoms with Gasteiger partial charge in [0.1, 0.15) is 29.1 Å². The van der Waals surface area contributed by atoms with Gasteiger partial charge in [-0.25, -0.2) is 9.97 Å². The monoisotopic (exact) mass is 382 g/mol. The second kappa shape index (κ2) is 6.86. The summed E-state index contributed by atoms with van der Waals surface area (Å²) in [4.78, 5) is 14.5. The number of piperidine rings is 1. The van der Waals surface area contributed by atoms with Gasteiger partial charge in [0, 0.05) is 29.9 Å². The number of rotatable bonds is 3. The highest BCUT2D eigenvalue weighted by atomic mass is 32.1. The molecule has 0 amide bonds. The van der Waals surface area contributed by atoms with Crippen LogP contribution in [0.5, 0.6) is 0 Å². The van der Waals surface area contributed by atoms with Crippen molar-refractivity contribution in [1.29, 1.82) is 0 Å². The third-order valence-corrected chi connectivity index (χ3v) is 7.25. The molecule has 1 fully saturated rings. The maximum Gasteiger partial charge on any atom is 0.141 e. The number of fused-ring (bicyclic) bond motifs is 3. The van der Waals surface area contributed by atoms with E-state index in [-0.39, 0.29) is 0 Å². The van der Waals surface area contributed by atoms with Gasteiger partial charge in [0.25, 0.3) is 0 Å². The fraction of sp³-hybridized carbons (Fsp3) is 0.600. The number of thiophene rings is 1. The molecule has 0 N–H and O–H groups in total. The molecule has 0 unspecified atom stereocenters. The van der Waals surface area contributed by atoms with Crippen LogP contribution in [0.4, 0.5) is 5.82 Å². The van der Waals surface area contributed by atoms with Gasteiger partial charge in [-0.05, 0) is 57.9 Å². The van der Waals surface area contributed by atoms with Crippen LogP contribution < -0.4 is 4.90 Å². The molecule has 3 aromatic rings. The second-order valence-electron chi connectivity index (χ2n) is 8.04. The average Bonchev–Trinajstić information content (AvgIpc) is 3.33. The molecular weight excluding hydrogens is 356 g/mol. The Kier molecular flexibility index (Phi) is 4.34. The van der Waals surface area contributed by atoms with Crippen molar-refractivity contribution in [2.45, 2.75) is 64.3 Å². The van der Waals surface area contributed by atoms with Gasteiger partial charge >= 0.3 is 0 Å². The predicted molar refractivity (Wildman–Crippen MR) is 109 cm³/mol. The topological polar surface area (TPSA) is 59.7 Å². The van der Waals surface area contributed by atoms with E-state index < -0.39 is 0 Å². The summed E-state index contributed by atoms with van der Waals surface area (Å²) >= 11 is 1.88. The van der Waals surface area contributed by atoms with Gasteiger partial charge in [0.15, 0.2) is 0 Å². The molecule has 4 heterocycles. The summed E-state index contributed by atoms with van der Waals surface area (Å²) in [5.41, 5.74) is 1.53. The smallest absolute Gasteiger partial charge is 0.141 e. The zero-order chi connectivity index (χ0) is 18.4. The minimum absolute atomic E-state index is 0.409. The lowest BCUT2D eigenvalue weighted by Gasteiger charge is -2.33. The first-order chi connectivity index (χ1) is 13.2. The Morgan fingerprint density at radius 1 is 1.11 bits per heavy atom. The van der Waals surface area contributed by atoms with Crippen molar-refractivity contribution < 1.29 is 0 Å². The molecule has 27 heavy (non-hydrogen) atoms. The van der Waals surface area contributed by atoms with Gasteiger partial charge in [-0.15, -0.1) is 21.5 Å². The minimum atomic E-state index is 0.409. The summed E-state index contributed by atoms with van der Waals surface area (Å²) in [6.07, 6.45) is 10.8. The lowest BCUT2D eigenvalue weighted by atomic mass is 9.94. The van der Waals surface area contributed by atoms with Gasteiger partial charge in [-0.2, -0.15) is 0 Å². The lowest BCUT2D eigenvalue weighted by Crippen LogP contribution is -2.34. The van der Waals surface area contributed by atoms with E-state index in [1.165, 1.54) is 46.3 Å². The van der Waals surface area contributed by atoms with Crippen molar-refractivity contribution in [2.75, 3.05) is 18.0 Å². The molecule has 142 valence electrons. The molecule has 0 bridgehead atoms. The van der Waals surface area contributed by atoms with E-state index >= 15 is 0 Å². The highest BCUT2D eigenvalue weighted by Gasteiger charge is 2.28. The van der Waals surface area contributed by atoms with E-state index in [4.69, 9.17) is 4.98 Å². The molecular formula is C20H26N6S. The van der Waals surface area contributed by atoms with Gasteiger partial charge in [0.05, 0.1) is 5.39 Å². The molecule has 0 aromatic carbocycles. The minimum Gasteiger partial charge on any atom is -0.356 e. The van der Waals surface area contributed by atoms with Crippen molar-refractivity contribution in [1.82, 2.24) is 24.7 Å². The molecule has 6 nitrogen and oxygen atoms in total. The molecule has 0 spiro atoms. The molecule has 0 atom stereocenters. The first kappa shape index (κ1) is 17.1. The Balaban J connectivity index is 1.41. The molecule has 1 aliphatic carbocycles. The fourth-order valence-electron chi connectivity index (χ4n) is 4.60. The number of nitrogens with zero attached hydrogens (tertiary/aromatic N) is 6.